The Morgan fingerprint density at radius 2 is 1.75 bits per heavy atom. The van der Waals surface area contributed by atoms with E-state index in [4.69, 9.17) is 4.42 Å². The Morgan fingerprint density at radius 3 is 2.47 bits per heavy atom. The molecule has 1 aliphatic heterocycles. The number of aryl methyl sites for hydroxylation is 2. The fraction of sp³-hybridized carbons (Fsp3) is 0.300. The highest BCUT2D eigenvalue weighted by molar-refractivity contribution is 5.97. The van der Waals surface area contributed by atoms with E-state index in [1.54, 1.807) is 12.1 Å². The maximum absolute atomic E-state index is 13.2. The molecule has 0 bridgehead atoms. The second kappa shape index (κ2) is 9.97. The average Bonchev–Trinajstić information content (AvgIpc) is 3.33. The third-order valence-corrected chi connectivity index (χ3v) is 7.24. The molecular formula is C30H31N3O3. The first-order chi connectivity index (χ1) is 17.4. The van der Waals surface area contributed by atoms with Gasteiger partial charge in [-0.1, -0.05) is 42.8 Å². The number of anilines is 1. The van der Waals surface area contributed by atoms with E-state index in [1.807, 2.05) is 74.2 Å². The van der Waals surface area contributed by atoms with Crippen LogP contribution in [-0.4, -0.2) is 34.8 Å². The highest BCUT2D eigenvalue weighted by Gasteiger charge is 2.30. The van der Waals surface area contributed by atoms with Crippen molar-refractivity contribution < 1.29 is 14.0 Å². The van der Waals surface area contributed by atoms with Crippen molar-refractivity contribution in [3.05, 3.63) is 83.4 Å². The van der Waals surface area contributed by atoms with Crippen molar-refractivity contribution in [1.29, 1.82) is 0 Å². The third-order valence-electron chi connectivity index (χ3n) is 7.24. The van der Waals surface area contributed by atoms with Crippen LogP contribution in [0.4, 0.5) is 5.69 Å². The monoisotopic (exact) mass is 481 g/mol. The van der Waals surface area contributed by atoms with Crippen molar-refractivity contribution in [2.24, 2.45) is 11.8 Å². The number of carbonyl (C=O) groups is 2. The van der Waals surface area contributed by atoms with Crippen LogP contribution in [0.25, 0.3) is 22.6 Å². The molecular weight excluding hydrogens is 450 g/mol. The number of piperidine rings is 1. The standard InChI is InChI=1S/C30H31N3O3/c1-19-9-11-25(20(2)17-19)31-28(34)21(3)22-13-15-33(16-14-22)30(35)24-10-12-27-26(18-24)32-29(36-27)23-7-5-4-6-8-23/h4-12,17-18,21-22H,13-16H2,1-3H3,(H,31,34)/t21-/m1/s1. The Bertz CT molecular complexity index is 1400. The van der Waals surface area contributed by atoms with Gasteiger partial charge < -0.3 is 14.6 Å². The summed E-state index contributed by atoms with van der Waals surface area (Å²) in [5, 5.41) is 3.09. The molecule has 5 rings (SSSR count). The van der Waals surface area contributed by atoms with Crippen molar-refractivity contribution in [3.8, 4) is 11.5 Å². The summed E-state index contributed by atoms with van der Waals surface area (Å²) in [4.78, 5) is 32.6. The van der Waals surface area contributed by atoms with Crippen LogP contribution in [0.1, 0.15) is 41.3 Å². The number of rotatable bonds is 5. The number of aromatic nitrogens is 1. The van der Waals surface area contributed by atoms with Crippen molar-refractivity contribution >= 4 is 28.6 Å². The molecule has 36 heavy (non-hydrogen) atoms. The highest BCUT2D eigenvalue weighted by atomic mass is 16.3. The van der Waals surface area contributed by atoms with Crippen molar-refractivity contribution in [2.45, 2.75) is 33.6 Å². The van der Waals surface area contributed by atoms with Gasteiger partial charge in [-0.3, -0.25) is 9.59 Å². The van der Waals surface area contributed by atoms with Gasteiger partial charge in [0.25, 0.3) is 5.91 Å². The molecule has 0 unspecified atom stereocenters. The molecule has 0 saturated carbocycles. The third kappa shape index (κ3) is 4.89. The first kappa shape index (κ1) is 23.8. The fourth-order valence-corrected chi connectivity index (χ4v) is 4.96. The molecule has 0 aliphatic carbocycles. The molecule has 2 heterocycles. The van der Waals surface area contributed by atoms with Crippen LogP contribution in [0.5, 0.6) is 0 Å². The number of hydrogen-bond donors (Lipinski definition) is 1. The summed E-state index contributed by atoms with van der Waals surface area (Å²) in [6, 6.07) is 21.2. The molecule has 6 heteroatoms. The van der Waals surface area contributed by atoms with E-state index in [1.165, 1.54) is 5.56 Å². The Kier molecular flexibility index (Phi) is 6.59. The van der Waals surface area contributed by atoms with Crippen LogP contribution in [0.15, 0.2) is 71.1 Å². The van der Waals surface area contributed by atoms with Gasteiger partial charge in [-0.05, 0) is 74.6 Å². The smallest absolute Gasteiger partial charge is 0.253 e. The number of carbonyl (C=O) groups excluding carboxylic acids is 2. The molecule has 2 amide bonds. The molecule has 0 radical (unpaired) electrons. The highest BCUT2D eigenvalue weighted by Crippen LogP contribution is 2.29. The molecule has 1 N–H and O–H groups in total. The number of nitrogens with zero attached hydrogens (tertiary/aromatic N) is 2. The summed E-state index contributed by atoms with van der Waals surface area (Å²) in [5.74, 6) is 0.700. The lowest BCUT2D eigenvalue weighted by Crippen LogP contribution is -2.41. The van der Waals surface area contributed by atoms with Gasteiger partial charge in [-0.25, -0.2) is 4.98 Å². The molecule has 6 nitrogen and oxygen atoms in total. The van der Waals surface area contributed by atoms with Gasteiger partial charge in [0.15, 0.2) is 5.58 Å². The van der Waals surface area contributed by atoms with E-state index in [0.29, 0.717) is 35.6 Å². The van der Waals surface area contributed by atoms with Gasteiger partial charge in [0, 0.05) is 35.8 Å². The molecule has 184 valence electrons. The number of likely N-dealkylation sites (tertiary alicyclic amines) is 1. The second-order valence-electron chi connectivity index (χ2n) is 9.79. The SMILES string of the molecule is Cc1ccc(NC(=O)[C@H](C)C2CCN(C(=O)c3ccc4oc(-c5ccccc5)nc4c3)CC2)c(C)c1. The number of oxazole rings is 1. The van der Waals surface area contributed by atoms with Crippen LogP contribution in [0.3, 0.4) is 0 Å². The van der Waals surface area contributed by atoms with Crippen LogP contribution in [0.2, 0.25) is 0 Å². The Labute approximate surface area is 211 Å². The Morgan fingerprint density at radius 1 is 1.00 bits per heavy atom. The lowest BCUT2D eigenvalue weighted by molar-refractivity contribution is -0.121. The molecule has 1 aliphatic rings. The average molecular weight is 482 g/mol. The minimum atomic E-state index is -0.120. The van der Waals surface area contributed by atoms with Gasteiger partial charge in [-0.15, -0.1) is 0 Å². The second-order valence-corrected chi connectivity index (χ2v) is 9.79. The first-order valence-corrected chi connectivity index (χ1v) is 12.5. The molecule has 1 saturated heterocycles. The Hall–Kier alpha value is -3.93. The van der Waals surface area contributed by atoms with Gasteiger partial charge in [0.1, 0.15) is 5.52 Å². The Balaban J connectivity index is 1.21. The fourth-order valence-electron chi connectivity index (χ4n) is 4.96. The predicted molar refractivity (Wildman–Crippen MR) is 142 cm³/mol. The van der Waals surface area contributed by atoms with E-state index in [0.717, 1.165) is 29.7 Å². The normalized spacial score (nSPS) is 15.1. The number of benzene rings is 3. The zero-order valence-electron chi connectivity index (χ0n) is 21.0. The summed E-state index contributed by atoms with van der Waals surface area (Å²) in [5.41, 5.74) is 5.95. The van der Waals surface area contributed by atoms with Gasteiger partial charge >= 0.3 is 0 Å². The van der Waals surface area contributed by atoms with E-state index in [9.17, 15) is 9.59 Å². The molecule has 1 fully saturated rings. The lowest BCUT2D eigenvalue weighted by Gasteiger charge is -2.34. The van der Waals surface area contributed by atoms with E-state index >= 15 is 0 Å². The van der Waals surface area contributed by atoms with E-state index < -0.39 is 0 Å². The minimum Gasteiger partial charge on any atom is -0.436 e. The van der Waals surface area contributed by atoms with Crippen LogP contribution in [-0.2, 0) is 4.79 Å². The van der Waals surface area contributed by atoms with Crippen LogP contribution < -0.4 is 5.32 Å². The summed E-state index contributed by atoms with van der Waals surface area (Å²) in [6.45, 7) is 7.32. The van der Waals surface area contributed by atoms with Crippen molar-refractivity contribution in [2.75, 3.05) is 18.4 Å². The van der Waals surface area contributed by atoms with Crippen molar-refractivity contribution in [1.82, 2.24) is 9.88 Å². The molecule has 1 atom stereocenters. The summed E-state index contributed by atoms with van der Waals surface area (Å²) < 4.78 is 5.88. The molecule has 4 aromatic rings. The predicted octanol–water partition coefficient (Wildman–Crippen LogP) is 6.24. The topological polar surface area (TPSA) is 75.4 Å². The summed E-state index contributed by atoms with van der Waals surface area (Å²) in [7, 11) is 0. The quantitative estimate of drug-likeness (QED) is 0.366. The maximum atomic E-state index is 13.2. The zero-order chi connectivity index (χ0) is 25.2. The lowest BCUT2D eigenvalue weighted by atomic mass is 9.84. The summed E-state index contributed by atoms with van der Waals surface area (Å²) in [6.07, 6.45) is 1.61. The maximum Gasteiger partial charge on any atom is 0.253 e. The van der Waals surface area contributed by atoms with E-state index in [2.05, 4.69) is 16.4 Å². The van der Waals surface area contributed by atoms with Gasteiger partial charge in [0.05, 0.1) is 0 Å². The number of fused-ring (bicyclic) bond motifs is 1. The number of hydrogen-bond acceptors (Lipinski definition) is 4. The van der Waals surface area contributed by atoms with E-state index in [-0.39, 0.29) is 23.7 Å². The van der Waals surface area contributed by atoms with Crippen molar-refractivity contribution in [3.63, 3.8) is 0 Å². The van der Waals surface area contributed by atoms with Crippen LogP contribution >= 0.6 is 0 Å². The number of amides is 2. The first-order valence-electron chi connectivity index (χ1n) is 12.5. The molecule has 3 aromatic carbocycles. The number of nitrogens with one attached hydrogen (secondary N) is 1. The van der Waals surface area contributed by atoms with Gasteiger partial charge in [0.2, 0.25) is 11.8 Å². The molecule has 0 spiro atoms. The zero-order valence-corrected chi connectivity index (χ0v) is 21.0. The largest absolute Gasteiger partial charge is 0.436 e. The summed E-state index contributed by atoms with van der Waals surface area (Å²) >= 11 is 0. The molecule has 1 aromatic heterocycles. The van der Waals surface area contributed by atoms with Gasteiger partial charge in [-0.2, -0.15) is 0 Å². The van der Waals surface area contributed by atoms with Crippen LogP contribution in [0, 0.1) is 25.7 Å². The minimum absolute atomic E-state index is 0.00741.